The smallest absolute Gasteiger partial charge is 0.118 e. The zero-order chi connectivity index (χ0) is 31.8. The molecule has 0 fully saturated rings. The molecule has 7 aromatic rings. The molecule has 5 aliphatic heterocycles. The molecule has 0 bridgehead atoms. The Morgan fingerprint density at radius 3 is 1.51 bits per heavy atom. The van der Waals surface area contributed by atoms with E-state index in [9.17, 15) is 0 Å². The number of allylic oxidation sites excluding steroid dienone is 1. The van der Waals surface area contributed by atoms with Gasteiger partial charge in [-0.25, -0.2) is 0 Å². The molecule has 3 aromatic heterocycles. The van der Waals surface area contributed by atoms with Crippen LogP contribution >= 0.6 is 0 Å². The summed E-state index contributed by atoms with van der Waals surface area (Å²) in [5, 5.41) is 5.12. The molecule has 12 rings (SSSR count). The number of rotatable bonds is 4. The number of aromatic nitrogens is 3. The van der Waals surface area contributed by atoms with Crippen molar-refractivity contribution in [2.75, 3.05) is 0 Å². The van der Waals surface area contributed by atoms with Gasteiger partial charge in [0.05, 0.1) is 16.5 Å². The van der Waals surface area contributed by atoms with Crippen molar-refractivity contribution in [3.05, 3.63) is 231 Å². The molecule has 5 heteroatoms. The Kier molecular flexibility index (Phi) is 4.72. The van der Waals surface area contributed by atoms with Crippen molar-refractivity contribution in [3.8, 4) is 0 Å². The van der Waals surface area contributed by atoms with E-state index in [4.69, 9.17) is 0 Å². The predicted octanol–water partition coefficient (Wildman–Crippen LogP) is 6.65. The molecule has 1 spiro atoms. The van der Waals surface area contributed by atoms with E-state index in [2.05, 4.69) is 189 Å². The summed E-state index contributed by atoms with van der Waals surface area (Å²) in [5.41, 5.74) is 15.0. The van der Waals surface area contributed by atoms with Crippen LogP contribution in [0.3, 0.4) is 0 Å². The van der Waals surface area contributed by atoms with Crippen molar-refractivity contribution >= 4 is 16.7 Å². The molecule has 49 heavy (non-hydrogen) atoms. The third-order valence-electron chi connectivity index (χ3n) is 11.2. The number of hydrogen-bond acceptors (Lipinski definition) is 1. The molecule has 0 saturated heterocycles. The molecule has 5 aliphatic rings. The largest absolute Gasteiger partial charge is 0.140 e. The Bertz CT molecular complexity index is 2710. The first-order chi connectivity index (χ1) is 24.4. The third-order valence-corrected chi connectivity index (χ3v) is 11.2. The van der Waals surface area contributed by atoms with Gasteiger partial charge in [-0.05, 0) is 64.7 Å². The Morgan fingerprint density at radius 2 is 0.918 bits per heavy atom. The average molecular weight is 629 g/mol. The molecular formula is C44H30N5+. The van der Waals surface area contributed by atoms with E-state index in [0.717, 1.165) is 0 Å². The van der Waals surface area contributed by atoms with Crippen LogP contribution in [0.5, 0.6) is 0 Å². The van der Waals surface area contributed by atoms with E-state index in [1.165, 1.54) is 78.1 Å². The zero-order valence-corrected chi connectivity index (χ0v) is 26.6. The maximum Gasteiger partial charge on any atom is 0.118 e. The highest BCUT2D eigenvalue weighted by Gasteiger charge is 2.65. The number of nitrogens with zero attached hydrogens (tertiary/aromatic N) is 5. The Labute approximate surface area is 283 Å². The molecule has 3 atom stereocenters. The van der Waals surface area contributed by atoms with Gasteiger partial charge < -0.3 is 0 Å². The first kappa shape index (κ1) is 25.7. The first-order valence-corrected chi connectivity index (χ1v) is 17.1. The van der Waals surface area contributed by atoms with E-state index >= 15 is 0 Å². The van der Waals surface area contributed by atoms with Crippen molar-refractivity contribution in [3.63, 3.8) is 0 Å². The van der Waals surface area contributed by atoms with Gasteiger partial charge in [0.1, 0.15) is 39.5 Å². The average Bonchev–Trinajstić information content (AvgIpc) is 3.99. The quantitative estimate of drug-likeness (QED) is 0.200. The highest BCUT2D eigenvalue weighted by atomic mass is 16.2. The molecule has 0 aliphatic carbocycles. The molecular weight excluding hydrogens is 599 g/mol. The maximum absolute atomic E-state index is 2.70. The van der Waals surface area contributed by atoms with Crippen molar-refractivity contribution in [2.45, 2.75) is 12.0 Å². The maximum atomic E-state index is 2.70. The third kappa shape index (κ3) is 2.93. The van der Waals surface area contributed by atoms with Crippen molar-refractivity contribution < 1.29 is 0 Å². The molecule has 0 N–H and O–H groups in total. The molecule has 230 valence electrons. The van der Waals surface area contributed by atoms with Gasteiger partial charge in [-0.1, -0.05) is 127 Å². The van der Waals surface area contributed by atoms with Gasteiger partial charge >= 0.3 is 0 Å². The van der Waals surface area contributed by atoms with Gasteiger partial charge in [0.25, 0.3) is 0 Å². The second-order valence-electron chi connectivity index (χ2n) is 13.5. The van der Waals surface area contributed by atoms with Gasteiger partial charge in [0, 0.05) is 16.7 Å². The Balaban J connectivity index is 1.33. The molecule has 5 nitrogen and oxygen atoms in total. The summed E-state index contributed by atoms with van der Waals surface area (Å²) < 4.78 is 7.86. The zero-order valence-electron chi connectivity index (χ0n) is 26.6. The van der Waals surface area contributed by atoms with Crippen molar-refractivity contribution in [1.82, 2.24) is 24.0 Å². The Morgan fingerprint density at radius 1 is 0.429 bits per heavy atom. The summed E-state index contributed by atoms with van der Waals surface area (Å²) in [6.45, 7) is 0. The lowest BCUT2D eigenvalue weighted by atomic mass is 9.88. The Hall–Kier alpha value is -6.30. The van der Waals surface area contributed by atoms with E-state index in [1.54, 1.807) is 0 Å². The van der Waals surface area contributed by atoms with Gasteiger partial charge in [-0.3, -0.25) is 0 Å². The fourth-order valence-corrected chi connectivity index (χ4v) is 9.50. The van der Waals surface area contributed by atoms with Crippen molar-refractivity contribution in [2.24, 2.45) is 0 Å². The van der Waals surface area contributed by atoms with Crippen LogP contribution in [0.4, 0.5) is 0 Å². The second-order valence-corrected chi connectivity index (χ2v) is 13.5. The highest BCUT2D eigenvalue weighted by Crippen LogP contribution is 2.53. The molecule has 3 unspecified atom stereocenters. The molecule has 0 saturated carbocycles. The minimum Gasteiger partial charge on any atom is -0.140 e. The minimum absolute atomic E-state index is 0.0782. The van der Waals surface area contributed by atoms with Crippen LogP contribution in [0.2, 0.25) is 0 Å². The fourth-order valence-electron chi connectivity index (χ4n) is 9.50. The van der Waals surface area contributed by atoms with Gasteiger partial charge in [-0.2, -0.15) is 0 Å². The number of benzene rings is 4. The molecule has 4 aromatic carbocycles. The van der Waals surface area contributed by atoms with Gasteiger partial charge in [0.2, 0.25) is 0 Å². The highest BCUT2D eigenvalue weighted by molar-refractivity contribution is 5.88. The summed E-state index contributed by atoms with van der Waals surface area (Å²) >= 11 is 0. The summed E-state index contributed by atoms with van der Waals surface area (Å²) in [4.78, 5) is 0.367. The lowest BCUT2D eigenvalue weighted by molar-refractivity contribution is -0.202. The van der Waals surface area contributed by atoms with Crippen LogP contribution in [0.15, 0.2) is 176 Å². The van der Waals surface area contributed by atoms with Crippen molar-refractivity contribution in [1.29, 1.82) is 0 Å². The SMILES string of the molecule is C1=CC2C(c3ccccc3)c3ccc4n3[N+]35N2C1=C(c1ccccc1)c1ccc(n13)C(c1ccccc1)=c1ccc(n15)=C4c1ccccc1. The summed E-state index contributed by atoms with van der Waals surface area (Å²) in [6, 6.07) is 58.2. The van der Waals surface area contributed by atoms with E-state index in [1.807, 2.05) is 0 Å². The number of quaternary nitrogens is 1. The standard InChI is InChI=1S/C44H30N5/c1-5-13-29(14-6-1)41-33-21-23-35-42(30-15-7-2-8-16-30)37-25-27-39-44(32-19-11-4-12-20-32)40-28-26-38-43(31-17-9-3-10-18-31)36-24-22-34(41)46(36)49(45(33)35,47(37)39)48(38)40/h1-28,33,41H/q+1. The molecule has 8 heterocycles. The minimum atomic E-state index is 0.0782. The fraction of sp³-hybridized carbons (Fsp3) is 0.0455. The normalized spacial score (nSPS) is 21.7. The monoisotopic (exact) mass is 628 g/mol. The molecule has 0 radical (unpaired) electrons. The van der Waals surface area contributed by atoms with E-state index < -0.39 is 0 Å². The lowest BCUT2D eigenvalue weighted by Gasteiger charge is -2.56. The summed E-state index contributed by atoms with van der Waals surface area (Å²) in [5.74, 6) is 0.127. The van der Waals surface area contributed by atoms with E-state index in [-0.39, 0.29) is 12.0 Å². The topological polar surface area (TPSA) is 18.0 Å². The molecule has 0 amide bonds. The summed E-state index contributed by atoms with van der Waals surface area (Å²) in [7, 11) is 0. The summed E-state index contributed by atoms with van der Waals surface area (Å²) in [6.07, 6.45) is 4.86. The van der Waals surface area contributed by atoms with E-state index in [0.29, 0.717) is 4.92 Å². The van der Waals surface area contributed by atoms with Crippen LogP contribution in [0, 0.1) is 0 Å². The first-order valence-electron chi connectivity index (χ1n) is 17.1. The van der Waals surface area contributed by atoms with Gasteiger partial charge in [-0.15, -0.1) is 19.0 Å². The predicted molar refractivity (Wildman–Crippen MR) is 192 cm³/mol. The van der Waals surface area contributed by atoms with Gasteiger partial charge in [0.15, 0.2) is 0 Å². The number of hydrogen-bond donors (Lipinski definition) is 0. The second kappa shape index (κ2) is 8.98. The van der Waals surface area contributed by atoms with Crippen LogP contribution in [-0.2, 0) is 0 Å². The lowest BCUT2D eigenvalue weighted by Crippen LogP contribution is -2.84. The van der Waals surface area contributed by atoms with Crippen LogP contribution in [0.1, 0.15) is 50.9 Å². The van der Waals surface area contributed by atoms with Crippen LogP contribution in [-0.4, -0.2) is 25.1 Å². The van der Waals surface area contributed by atoms with Crippen LogP contribution < -0.4 is 15.6 Å². The van der Waals surface area contributed by atoms with Crippen LogP contribution in [0.25, 0.3) is 16.7 Å².